The number of ketones is 1. The van der Waals surface area contributed by atoms with Crippen molar-refractivity contribution >= 4 is 94.1 Å². The van der Waals surface area contributed by atoms with Crippen molar-refractivity contribution in [3.05, 3.63) is 107 Å². The standard InChI is InChI=1S/C32H25N9O7S2/c33-18-2-11-29(27(35)14-18)40-38-21-3-1-17-13-30(50(46,47)48)31(32(42)24(17)15-21)41-37-20-6-4-19(5-7-20)36-39-28-12-10-26(34)23-9-8-22(16-25(23)28)49(43,44)45/h1-16,37H,33-35H2,(H,43,44,45)(H,46,47,48)/b39-36?,40-38?,41-31-. The molecule has 0 atom stereocenters. The molecule has 0 amide bonds. The van der Waals surface area contributed by atoms with E-state index in [-0.39, 0.29) is 27.4 Å². The number of Topliss-reactive ketones (excluding diaryl/α,β-unsaturated/α-hetero) is 1. The number of nitrogens with two attached hydrogens (primary N) is 3. The Kier molecular flexibility index (Phi) is 8.68. The van der Waals surface area contributed by atoms with Crippen molar-refractivity contribution in [2.24, 2.45) is 25.6 Å². The van der Waals surface area contributed by atoms with Crippen molar-refractivity contribution in [1.82, 2.24) is 0 Å². The first-order valence-electron chi connectivity index (χ1n) is 14.3. The lowest BCUT2D eigenvalue weighted by Gasteiger charge is -2.16. The Morgan fingerprint density at radius 2 is 1.30 bits per heavy atom. The Bertz CT molecular complexity index is 2570. The predicted molar refractivity (Wildman–Crippen MR) is 190 cm³/mol. The zero-order valence-electron chi connectivity index (χ0n) is 25.5. The molecule has 0 radical (unpaired) electrons. The molecule has 16 nitrogen and oxygen atoms in total. The number of rotatable bonds is 8. The number of hydrogen-bond donors (Lipinski definition) is 6. The minimum Gasteiger partial charge on any atom is -0.399 e. The number of azo groups is 2. The van der Waals surface area contributed by atoms with Gasteiger partial charge < -0.3 is 17.2 Å². The summed E-state index contributed by atoms with van der Waals surface area (Å²) in [5.74, 6) is -0.801. The number of nitrogen functional groups attached to an aromatic ring is 3. The number of carbonyl (C=O) groups is 1. The van der Waals surface area contributed by atoms with E-state index in [4.69, 9.17) is 17.2 Å². The molecule has 1 aliphatic rings. The highest BCUT2D eigenvalue weighted by Gasteiger charge is 2.33. The maximum atomic E-state index is 13.5. The molecule has 9 N–H and O–H groups in total. The Morgan fingerprint density at radius 3 is 2.00 bits per heavy atom. The first-order chi connectivity index (χ1) is 23.7. The maximum absolute atomic E-state index is 13.5. The lowest BCUT2D eigenvalue weighted by atomic mass is 9.94. The molecular formula is C32H25N9O7S2. The molecule has 0 unspecified atom stereocenters. The molecule has 0 heterocycles. The molecule has 252 valence electrons. The van der Waals surface area contributed by atoms with Gasteiger partial charge in [-0.2, -0.15) is 32.2 Å². The fourth-order valence-electron chi connectivity index (χ4n) is 4.87. The molecule has 6 rings (SSSR count). The van der Waals surface area contributed by atoms with Crippen LogP contribution in [0.2, 0.25) is 0 Å². The average molecular weight is 712 g/mol. The normalized spacial score (nSPS) is 14.4. The minimum absolute atomic E-state index is 0.0642. The molecule has 0 saturated heterocycles. The molecule has 5 aromatic carbocycles. The number of carbonyl (C=O) groups excluding carboxylic acids is 1. The molecule has 0 spiro atoms. The number of anilines is 4. The number of nitrogens with one attached hydrogen (secondary N) is 1. The van der Waals surface area contributed by atoms with Crippen molar-refractivity contribution in [2.75, 3.05) is 22.6 Å². The summed E-state index contributed by atoms with van der Waals surface area (Å²) in [6, 6.07) is 22.2. The fourth-order valence-corrected chi connectivity index (χ4v) is 6.04. The van der Waals surface area contributed by atoms with E-state index in [0.29, 0.717) is 44.9 Å². The first kappa shape index (κ1) is 33.6. The van der Waals surface area contributed by atoms with Crippen LogP contribution in [-0.2, 0) is 20.2 Å². The highest BCUT2D eigenvalue weighted by atomic mass is 32.2. The van der Waals surface area contributed by atoms with Crippen LogP contribution in [-0.4, -0.2) is 37.4 Å². The Balaban J connectivity index is 1.24. The molecule has 0 aromatic heterocycles. The first-order valence-corrected chi connectivity index (χ1v) is 17.2. The van der Waals surface area contributed by atoms with Gasteiger partial charge in [0.15, 0.2) is 5.71 Å². The Morgan fingerprint density at radius 1 is 0.620 bits per heavy atom. The minimum atomic E-state index is -4.87. The van der Waals surface area contributed by atoms with E-state index in [2.05, 4.69) is 31.0 Å². The average Bonchev–Trinajstić information content (AvgIpc) is 3.07. The number of hydrazone groups is 1. The summed E-state index contributed by atoms with van der Waals surface area (Å²) >= 11 is 0. The molecule has 0 aliphatic heterocycles. The predicted octanol–water partition coefficient (Wildman–Crippen LogP) is 6.56. The smallest absolute Gasteiger partial charge is 0.296 e. The van der Waals surface area contributed by atoms with Gasteiger partial charge in [0.05, 0.1) is 33.3 Å². The molecule has 0 bridgehead atoms. The largest absolute Gasteiger partial charge is 0.399 e. The van der Waals surface area contributed by atoms with Crippen molar-refractivity contribution in [2.45, 2.75) is 4.90 Å². The second kappa shape index (κ2) is 12.9. The molecular weight excluding hydrogens is 687 g/mol. The van der Waals surface area contributed by atoms with Gasteiger partial charge in [-0.3, -0.25) is 19.3 Å². The summed E-state index contributed by atoms with van der Waals surface area (Å²) in [5, 5.41) is 21.5. The summed E-state index contributed by atoms with van der Waals surface area (Å²) in [6.45, 7) is 0. The van der Waals surface area contributed by atoms with Crippen molar-refractivity contribution in [3.63, 3.8) is 0 Å². The van der Waals surface area contributed by atoms with Crippen LogP contribution in [0.15, 0.2) is 126 Å². The SMILES string of the molecule is Nc1ccc(N=Nc2ccc3c(c2)C(=O)/C(=N\Nc2ccc(N=Nc4ccc(N)c5ccc(S(=O)(=O)O)cc45)cc2)C(S(=O)(=O)O)=C3)c(N)c1. The van der Waals surface area contributed by atoms with Crippen molar-refractivity contribution in [3.8, 4) is 0 Å². The monoisotopic (exact) mass is 711 g/mol. The summed E-state index contributed by atoms with van der Waals surface area (Å²) in [7, 11) is -9.34. The van der Waals surface area contributed by atoms with Crippen LogP contribution in [0.25, 0.3) is 16.8 Å². The second-order valence-electron chi connectivity index (χ2n) is 10.8. The summed E-state index contributed by atoms with van der Waals surface area (Å²) < 4.78 is 67.2. The van der Waals surface area contributed by atoms with E-state index in [9.17, 15) is 30.7 Å². The van der Waals surface area contributed by atoms with Crippen LogP contribution in [0.1, 0.15) is 15.9 Å². The Labute approximate surface area is 284 Å². The number of fused-ring (bicyclic) bond motifs is 2. The highest BCUT2D eigenvalue weighted by molar-refractivity contribution is 7.91. The summed E-state index contributed by atoms with van der Waals surface area (Å²) in [5.41, 5.74) is 22.7. The summed E-state index contributed by atoms with van der Waals surface area (Å²) in [4.78, 5) is 12.5. The quantitative estimate of drug-likeness (QED) is 0.0434. The van der Waals surface area contributed by atoms with Crippen LogP contribution in [0.4, 0.5) is 45.5 Å². The molecule has 18 heteroatoms. The zero-order valence-corrected chi connectivity index (χ0v) is 27.1. The maximum Gasteiger partial charge on any atom is 0.296 e. The second-order valence-corrected chi connectivity index (χ2v) is 13.6. The van der Waals surface area contributed by atoms with Crippen molar-refractivity contribution < 1.29 is 30.7 Å². The van der Waals surface area contributed by atoms with Crippen LogP contribution in [0.5, 0.6) is 0 Å². The number of allylic oxidation sites excluding steroid dienone is 1. The summed E-state index contributed by atoms with van der Waals surface area (Å²) in [6.07, 6.45) is 1.12. The van der Waals surface area contributed by atoms with E-state index in [1.807, 2.05) is 0 Å². The number of hydrogen-bond acceptors (Lipinski definition) is 14. The third-order valence-corrected chi connectivity index (χ3v) is 9.07. The van der Waals surface area contributed by atoms with E-state index >= 15 is 0 Å². The zero-order chi connectivity index (χ0) is 35.8. The van der Waals surface area contributed by atoms with Crippen LogP contribution < -0.4 is 22.6 Å². The van der Waals surface area contributed by atoms with Crippen molar-refractivity contribution in [1.29, 1.82) is 0 Å². The van der Waals surface area contributed by atoms with Gasteiger partial charge in [-0.15, -0.1) is 10.2 Å². The molecule has 0 saturated carbocycles. The van der Waals surface area contributed by atoms with Gasteiger partial charge in [-0.05, 0) is 90.5 Å². The fraction of sp³-hybridized carbons (Fsp3) is 0. The van der Waals surface area contributed by atoms with E-state index in [0.717, 1.165) is 6.08 Å². The van der Waals surface area contributed by atoms with Gasteiger partial charge in [-0.1, -0.05) is 12.1 Å². The molecule has 5 aromatic rings. The van der Waals surface area contributed by atoms with Gasteiger partial charge in [0.1, 0.15) is 10.6 Å². The number of benzene rings is 5. The van der Waals surface area contributed by atoms with Gasteiger partial charge in [0.2, 0.25) is 5.78 Å². The van der Waals surface area contributed by atoms with Gasteiger partial charge in [0.25, 0.3) is 20.2 Å². The van der Waals surface area contributed by atoms with Crippen LogP contribution >= 0.6 is 0 Å². The third kappa shape index (κ3) is 7.08. The van der Waals surface area contributed by atoms with E-state index in [1.54, 1.807) is 24.3 Å². The van der Waals surface area contributed by atoms with Gasteiger partial charge in [0, 0.05) is 27.7 Å². The lowest BCUT2D eigenvalue weighted by Crippen LogP contribution is -2.27. The Hall–Kier alpha value is -6.34. The van der Waals surface area contributed by atoms with E-state index < -0.39 is 36.6 Å². The lowest BCUT2D eigenvalue weighted by molar-refractivity contribution is 0.106. The molecule has 0 fully saturated rings. The third-order valence-electron chi connectivity index (χ3n) is 7.35. The topological polar surface area (TPSA) is 278 Å². The van der Waals surface area contributed by atoms with Crippen LogP contribution in [0, 0.1) is 0 Å². The molecule has 1 aliphatic carbocycles. The number of nitrogens with zero attached hydrogens (tertiary/aromatic N) is 5. The van der Waals surface area contributed by atoms with Gasteiger partial charge in [-0.25, -0.2) is 0 Å². The van der Waals surface area contributed by atoms with Crippen LogP contribution in [0.3, 0.4) is 0 Å². The van der Waals surface area contributed by atoms with E-state index in [1.165, 1.54) is 66.7 Å². The highest BCUT2D eigenvalue weighted by Crippen LogP contribution is 2.34. The molecule has 50 heavy (non-hydrogen) atoms. The van der Waals surface area contributed by atoms with Gasteiger partial charge >= 0.3 is 0 Å².